The zero-order chi connectivity index (χ0) is 25.7. The predicted octanol–water partition coefficient (Wildman–Crippen LogP) is 5.09. The Morgan fingerprint density at radius 1 is 0.944 bits per heavy atom. The van der Waals surface area contributed by atoms with Crippen LogP contribution in [0.3, 0.4) is 0 Å². The molecule has 186 valence electrons. The van der Waals surface area contributed by atoms with Crippen LogP contribution in [0, 0.1) is 13.8 Å². The molecule has 4 aromatic rings. The second-order valence-corrected chi connectivity index (χ2v) is 8.99. The minimum absolute atomic E-state index is 0.0454. The highest BCUT2D eigenvalue weighted by atomic mass is 16.5. The van der Waals surface area contributed by atoms with E-state index < -0.39 is 12.6 Å². The van der Waals surface area contributed by atoms with Gasteiger partial charge in [0.15, 0.2) is 12.3 Å². The van der Waals surface area contributed by atoms with Crippen molar-refractivity contribution < 1.29 is 14.3 Å². The van der Waals surface area contributed by atoms with Gasteiger partial charge in [-0.2, -0.15) is 5.10 Å². The number of hydrogen-bond acceptors (Lipinski definition) is 5. The first-order valence-corrected chi connectivity index (χ1v) is 12.3. The number of benzene rings is 2. The smallest absolute Gasteiger partial charge is 0.359 e. The van der Waals surface area contributed by atoms with Gasteiger partial charge in [-0.1, -0.05) is 68.3 Å². The van der Waals surface area contributed by atoms with Crippen molar-refractivity contribution in [2.24, 2.45) is 0 Å². The van der Waals surface area contributed by atoms with Gasteiger partial charge in [-0.15, -0.1) is 0 Å². The lowest BCUT2D eigenvalue weighted by molar-refractivity contribution is 0.0468. The van der Waals surface area contributed by atoms with E-state index >= 15 is 0 Å². The van der Waals surface area contributed by atoms with E-state index in [0.29, 0.717) is 29.4 Å². The SMILES string of the molecule is CCCCCn1nc(C(=O)OCC(=O)c2cc(C)n(Cc3ccccc3)c2C)c2ccccc2c1=O. The molecule has 2 heterocycles. The maximum atomic E-state index is 13.0. The van der Waals surface area contributed by atoms with E-state index in [0.717, 1.165) is 36.2 Å². The average molecular weight is 486 g/mol. The molecule has 0 saturated heterocycles. The summed E-state index contributed by atoms with van der Waals surface area (Å²) in [4.78, 5) is 38.9. The van der Waals surface area contributed by atoms with Gasteiger partial charge in [0.1, 0.15) is 0 Å². The van der Waals surface area contributed by atoms with E-state index in [1.807, 2.05) is 50.2 Å². The fourth-order valence-corrected chi connectivity index (χ4v) is 4.42. The van der Waals surface area contributed by atoms with E-state index in [1.54, 1.807) is 24.3 Å². The summed E-state index contributed by atoms with van der Waals surface area (Å²) in [5.74, 6) is -1.00. The van der Waals surface area contributed by atoms with Crippen LogP contribution >= 0.6 is 0 Å². The molecular formula is C29H31N3O4. The number of aryl methyl sites for hydroxylation is 2. The maximum absolute atomic E-state index is 13.0. The van der Waals surface area contributed by atoms with Gasteiger partial charge in [-0.3, -0.25) is 9.59 Å². The molecule has 0 fully saturated rings. The first-order valence-electron chi connectivity index (χ1n) is 12.3. The van der Waals surface area contributed by atoms with E-state index in [1.165, 1.54) is 4.68 Å². The van der Waals surface area contributed by atoms with E-state index in [9.17, 15) is 14.4 Å². The van der Waals surface area contributed by atoms with Crippen molar-refractivity contribution in [3.8, 4) is 0 Å². The lowest BCUT2D eigenvalue weighted by Crippen LogP contribution is -2.27. The van der Waals surface area contributed by atoms with Crippen molar-refractivity contribution in [1.82, 2.24) is 14.3 Å². The molecule has 0 unspecified atom stereocenters. The molecule has 0 aliphatic rings. The Kier molecular flexibility index (Phi) is 7.78. The van der Waals surface area contributed by atoms with Crippen molar-refractivity contribution in [1.29, 1.82) is 0 Å². The lowest BCUT2D eigenvalue weighted by atomic mass is 10.1. The number of fused-ring (bicyclic) bond motifs is 1. The lowest BCUT2D eigenvalue weighted by Gasteiger charge is -2.11. The number of carbonyl (C=O) groups excluding carboxylic acids is 2. The van der Waals surface area contributed by atoms with Crippen LogP contribution in [0.25, 0.3) is 10.8 Å². The van der Waals surface area contributed by atoms with E-state index in [2.05, 4.69) is 16.6 Å². The molecule has 0 amide bonds. The molecule has 7 heteroatoms. The number of rotatable bonds is 10. The summed E-state index contributed by atoms with van der Waals surface area (Å²) in [6, 6.07) is 18.7. The normalized spacial score (nSPS) is 11.1. The summed E-state index contributed by atoms with van der Waals surface area (Å²) in [6.45, 7) is 6.60. The van der Waals surface area contributed by atoms with Crippen molar-refractivity contribution in [2.45, 2.75) is 53.1 Å². The Balaban J connectivity index is 1.53. The second-order valence-electron chi connectivity index (χ2n) is 8.99. The van der Waals surface area contributed by atoms with Gasteiger partial charge in [-0.25, -0.2) is 9.48 Å². The quantitative estimate of drug-likeness (QED) is 0.177. The third-order valence-electron chi connectivity index (χ3n) is 6.43. The van der Waals surface area contributed by atoms with Gasteiger partial charge in [0.2, 0.25) is 5.78 Å². The number of esters is 1. The summed E-state index contributed by atoms with van der Waals surface area (Å²) in [6.07, 6.45) is 2.75. The molecule has 0 saturated carbocycles. The molecule has 0 atom stereocenters. The minimum Gasteiger partial charge on any atom is -0.452 e. The van der Waals surface area contributed by atoms with Gasteiger partial charge in [0, 0.05) is 35.4 Å². The molecule has 0 spiro atoms. The standard InChI is InChI=1S/C29H31N3O4/c1-4-5-11-16-32-28(34)24-15-10-9-14-23(24)27(30-32)29(35)36-19-26(33)25-17-20(2)31(21(25)3)18-22-12-7-6-8-13-22/h6-10,12-15,17H,4-5,11,16,18-19H2,1-3H3. The summed E-state index contributed by atoms with van der Waals surface area (Å²) in [5, 5.41) is 5.15. The number of ketones is 1. The molecule has 0 aliphatic carbocycles. The fourth-order valence-electron chi connectivity index (χ4n) is 4.42. The number of aromatic nitrogens is 3. The van der Waals surface area contributed by atoms with Crippen LogP contribution < -0.4 is 5.56 Å². The van der Waals surface area contributed by atoms with Gasteiger partial charge in [0.05, 0.1) is 5.39 Å². The fraction of sp³-hybridized carbons (Fsp3) is 0.310. The summed E-state index contributed by atoms with van der Waals surface area (Å²) < 4.78 is 8.82. The Bertz CT molecular complexity index is 1450. The summed E-state index contributed by atoms with van der Waals surface area (Å²) in [7, 11) is 0. The van der Waals surface area contributed by atoms with Crippen LogP contribution in [0.15, 0.2) is 65.5 Å². The van der Waals surface area contributed by atoms with Gasteiger partial charge >= 0.3 is 5.97 Å². The van der Waals surface area contributed by atoms with Crippen molar-refractivity contribution in [3.05, 3.63) is 99.2 Å². The molecule has 0 radical (unpaired) electrons. The third kappa shape index (κ3) is 5.30. The summed E-state index contributed by atoms with van der Waals surface area (Å²) >= 11 is 0. The van der Waals surface area contributed by atoms with Crippen molar-refractivity contribution >= 4 is 22.5 Å². The second kappa shape index (κ2) is 11.2. The molecule has 0 aliphatic heterocycles. The van der Waals surface area contributed by atoms with E-state index in [4.69, 9.17) is 4.74 Å². The van der Waals surface area contributed by atoms with Crippen LogP contribution in [0.2, 0.25) is 0 Å². The Morgan fingerprint density at radius 2 is 1.64 bits per heavy atom. The largest absolute Gasteiger partial charge is 0.452 e. The Labute approximate surface area is 210 Å². The van der Waals surface area contributed by atoms with Crippen molar-refractivity contribution in [3.63, 3.8) is 0 Å². The topological polar surface area (TPSA) is 83.2 Å². The van der Waals surface area contributed by atoms with Crippen LogP contribution in [-0.4, -0.2) is 32.7 Å². The van der Waals surface area contributed by atoms with Crippen LogP contribution in [0.1, 0.15) is 64.0 Å². The molecule has 2 aromatic heterocycles. The summed E-state index contributed by atoms with van der Waals surface area (Å²) in [5.41, 5.74) is 3.25. The van der Waals surface area contributed by atoms with Crippen LogP contribution in [-0.2, 0) is 17.8 Å². The number of unbranched alkanes of at least 4 members (excludes halogenated alkanes) is 2. The Hall–Kier alpha value is -4.00. The number of nitrogens with zero attached hydrogens (tertiary/aromatic N) is 3. The first-order chi connectivity index (χ1) is 17.4. The molecule has 2 aromatic carbocycles. The monoisotopic (exact) mass is 485 g/mol. The number of Topliss-reactive ketones (excluding diaryl/α,β-unsaturated/α-hetero) is 1. The van der Waals surface area contributed by atoms with Crippen LogP contribution in [0.5, 0.6) is 0 Å². The predicted molar refractivity (Wildman–Crippen MR) is 140 cm³/mol. The number of hydrogen-bond donors (Lipinski definition) is 0. The molecule has 0 bridgehead atoms. The molecule has 4 rings (SSSR count). The highest BCUT2D eigenvalue weighted by molar-refractivity contribution is 6.04. The van der Waals surface area contributed by atoms with Gasteiger partial charge < -0.3 is 9.30 Å². The molecule has 36 heavy (non-hydrogen) atoms. The number of carbonyl (C=O) groups is 2. The molecule has 0 N–H and O–H groups in total. The van der Waals surface area contributed by atoms with Gasteiger partial charge in [-0.05, 0) is 38.0 Å². The van der Waals surface area contributed by atoms with Crippen LogP contribution in [0.4, 0.5) is 0 Å². The third-order valence-corrected chi connectivity index (χ3v) is 6.43. The highest BCUT2D eigenvalue weighted by Crippen LogP contribution is 2.19. The maximum Gasteiger partial charge on any atom is 0.359 e. The van der Waals surface area contributed by atoms with E-state index in [-0.39, 0.29) is 17.0 Å². The average Bonchev–Trinajstić information content (AvgIpc) is 3.17. The molecular weight excluding hydrogens is 454 g/mol. The molecule has 7 nitrogen and oxygen atoms in total. The van der Waals surface area contributed by atoms with Gasteiger partial charge in [0.25, 0.3) is 5.56 Å². The zero-order valence-corrected chi connectivity index (χ0v) is 21.0. The van der Waals surface area contributed by atoms with Crippen molar-refractivity contribution in [2.75, 3.05) is 6.61 Å². The first kappa shape index (κ1) is 25.1. The Morgan fingerprint density at radius 3 is 2.36 bits per heavy atom. The minimum atomic E-state index is -0.720. The highest BCUT2D eigenvalue weighted by Gasteiger charge is 2.21. The number of ether oxygens (including phenoxy) is 1. The zero-order valence-electron chi connectivity index (χ0n) is 21.0.